The van der Waals surface area contributed by atoms with Crippen molar-refractivity contribution in [2.24, 2.45) is 11.8 Å². The van der Waals surface area contributed by atoms with Crippen molar-refractivity contribution in [1.82, 2.24) is 4.90 Å². The van der Waals surface area contributed by atoms with E-state index >= 15 is 0 Å². The summed E-state index contributed by atoms with van der Waals surface area (Å²) in [4.78, 5) is 77.6. The zero-order valence-electron chi connectivity index (χ0n) is 38.9. The Balaban J connectivity index is 2.09. The molecular formula is C45H71NO17. The summed E-state index contributed by atoms with van der Waals surface area (Å²) in [6, 6.07) is -0.833. The quantitative estimate of drug-likeness (QED) is 0.148. The smallest absolute Gasteiger partial charge is 0.309 e. The Morgan fingerprint density at radius 1 is 0.905 bits per heavy atom. The van der Waals surface area contributed by atoms with Crippen molar-refractivity contribution in [3.8, 4) is 0 Å². The van der Waals surface area contributed by atoms with Crippen molar-refractivity contribution in [3.63, 3.8) is 0 Å². The van der Waals surface area contributed by atoms with Gasteiger partial charge in [0.15, 0.2) is 24.3 Å². The fourth-order valence-corrected chi connectivity index (χ4v) is 8.57. The topological polar surface area (TPSA) is 218 Å². The fraction of sp³-hybridized carbons (Fsp3) is 0.778. The lowest BCUT2D eigenvalue weighted by Gasteiger charge is -2.50. The monoisotopic (exact) mass is 897 g/mol. The first-order valence-electron chi connectivity index (χ1n) is 21.9. The van der Waals surface area contributed by atoms with Crippen LogP contribution in [0.1, 0.15) is 107 Å². The van der Waals surface area contributed by atoms with E-state index in [0.29, 0.717) is 12.7 Å². The number of aliphatic hydroxyl groups is 1. The number of ether oxygens (including phenoxy) is 10. The highest BCUT2D eigenvalue weighted by atomic mass is 16.7. The molecule has 0 amide bonds. The van der Waals surface area contributed by atoms with Gasteiger partial charge in [0.2, 0.25) is 0 Å². The lowest BCUT2D eigenvalue weighted by molar-refractivity contribution is -0.344. The Morgan fingerprint density at radius 2 is 1.57 bits per heavy atom. The number of rotatable bonds is 14. The lowest BCUT2D eigenvalue weighted by atomic mass is 9.82. The summed E-state index contributed by atoms with van der Waals surface area (Å²) >= 11 is 0. The van der Waals surface area contributed by atoms with Crippen LogP contribution in [0.3, 0.4) is 0 Å². The Hall–Kier alpha value is -3.78. The van der Waals surface area contributed by atoms with Gasteiger partial charge in [0, 0.05) is 53.1 Å². The van der Waals surface area contributed by atoms with E-state index in [1.165, 1.54) is 21.0 Å². The molecule has 2 saturated heterocycles. The van der Waals surface area contributed by atoms with Gasteiger partial charge < -0.3 is 62.2 Å². The molecule has 0 bridgehead atoms. The number of likely N-dealkylation sites (N-methyl/N-ethyl adjacent to an activating group) is 1. The molecular weight excluding hydrogens is 826 g/mol. The van der Waals surface area contributed by atoms with Crippen molar-refractivity contribution >= 4 is 36.1 Å². The van der Waals surface area contributed by atoms with Crippen molar-refractivity contribution in [3.05, 3.63) is 24.3 Å². The number of methoxy groups -OCH3 is 1. The number of carbonyl (C=O) groups is 6. The molecule has 0 aromatic carbocycles. The number of allylic oxidation sites excluding steroid dienone is 2. The molecule has 0 aromatic heterocycles. The van der Waals surface area contributed by atoms with Gasteiger partial charge in [-0.25, -0.2) is 0 Å². The normalized spacial score (nSPS) is 38.1. The van der Waals surface area contributed by atoms with Crippen LogP contribution in [0.5, 0.6) is 0 Å². The average Bonchev–Trinajstić information content (AvgIpc) is 3.18. The van der Waals surface area contributed by atoms with Crippen molar-refractivity contribution in [1.29, 1.82) is 0 Å². The molecule has 0 aliphatic carbocycles. The number of esters is 5. The summed E-state index contributed by atoms with van der Waals surface area (Å²) in [5.41, 5.74) is -1.33. The molecule has 0 saturated carbocycles. The first-order chi connectivity index (χ1) is 29.7. The molecule has 16 atom stereocenters. The van der Waals surface area contributed by atoms with E-state index in [1.807, 2.05) is 6.92 Å². The first-order valence-corrected chi connectivity index (χ1v) is 21.9. The SMILES string of the molecule is CCC(=O)OC1CC(=O)OC(C)C/C=C\C=C\C(OC(C)=O)C(C)CC(CC=O)C(O[C@@H]2O[C@H](C)[C@@H](O[C@H]3CC(C)(OC(C)=O)[C@@H](OC(=O)CC)[C@H](C)O3)[C@H](N(C)C)[C@H]2O)C1OC. The van der Waals surface area contributed by atoms with E-state index in [-0.39, 0.29) is 32.1 Å². The zero-order valence-corrected chi connectivity index (χ0v) is 38.9. The fourth-order valence-electron chi connectivity index (χ4n) is 8.57. The standard InChI is InChI=1S/C45H71NO17/c1-13-34(50)59-33-23-36(52)55-26(4)18-16-15-17-19-32(58-29(7)48)25(3)22-31(20-21-47)41(42(33)54-12)62-44-39(53)38(46(10)11)40(27(5)57-44)61-37-24-45(9,63-30(8)49)43(28(6)56-37)60-35(51)14-2/h15-17,19,21,25-28,31-33,37-44,53H,13-14,18,20,22-24H2,1-12H3/b16-15-,19-17+/t25?,26?,27-,28+,31?,32?,33?,37+,38-,39-,40-,41?,42?,43+,44+,45?/m1/s1. The van der Waals surface area contributed by atoms with Gasteiger partial charge in [-0.1, -0.05) is 39.0 Å². The molecule has 63 heavy (non-hydrogen) atoms. The molecule has 3 aliphatic rings. The number of carbonyl (C=O) groups excluding carboxylic acids is 6. The molecule has 358 valence electrons. The molecule has 8 unspecified atom stereocenters. The highest BCUT2D eigenvalue weighted by Gasteiger charge is 2.54. The van der Waals surface area contributed by atoms with Crippen molar-refractivity contribution in [2.45, 2.75) is 193 Å². The third-order valence-corrected chi connectivity index (χ3v) is 11.5. The Morgan fingerprint density at radius 3 is 2.16 bits per heavy atom. The van der Waals surface area contributed by atoms with Gasteiger partial charge in [-0.15, -0.1) is 0 Å². The Labute approximate surface area is 371 Å². The summed E-state index contributed by atoms with van der Waals surface area (Å²) < 4.78 is 60.7. The summed E-state index contributed by atoms with van der Waals surface area (Å²) in [6.45, 7) is 14.4. The molecule has 3 rings (SSSR count). The lowest BCUT2D eigenvalue weighted by Crippen LogP contribution is -2.66. The van der Waals surface area contributed by atoms with Crippen LogP contribution >= 0.6 is 0 Å². The molecule has 1 N–H and O–H groups in total. The molecule has 0 spiro atoms. The number of nitrogens with zero attached hydrogens (tertiary/aromatic N) is 1. The Bertz CT molecular complexity index is 1590. The summed E-state index contributed by atoms with van der Waals surface area (Å²) in [7, 11) is 4.82. The third kappa shape index (κ3) is 15.4. The van der Waals surface area contributed by atoms with E-state index in [4.69, 9.17) is 47.4 Å². The second-order valence-corrected chi connectivity index (χ2v) is 17.1. The minimum absolute atomic E-state index is 0.0260. The minimum atomic E-state index is -1.45. The zero-order chi connectivity index (χ0) is 47.2. The summed E-state index contributed by atoms with van der Waals surface area (Å²) in [5.74, 6) is -4.06. The highest BCUT2D eigenvalue weighted by Crippen LogP contribution is 2.39. The van der Waals surface area contributed by atoms with Crippen molar-refractivity contribution in [2.75, 3.05) is 21.2 Å². The van der Waals surface area contributed by atoms with Crippen molar-refractivity contribution < 1.29 is 81.2 Å². The van der Waals surface area contributed by atoms with Crippen LogP contribution in [-0.2, 0) is 76.1 Å². The van der Waals surface area contributed by atoms with Gasteiger partial charge in [0.25, 0.3) is 0 Å². The molecule has 3 heterocycles. The van der Waals surface area contributed by atoms with E-state index in [9.17, 15) is 33.9 Å². The Kier molecular flexibility index (Phi) is 21.3. The second kappa shape index (κ2) is 25.1. The number of hydrogen-bond acceptors (Lipinski definition) is 18. The van der Waals surface area contributed by atoms with Crippen LogP contribution in [0.15, 0.2) is 24.3 Å². The van der Waals surface area contributed by atoms with Crippen LogP contribution in [0.2, 0.25) is 0 Å². The maximum Gasteiger partial charge on any atom is 0.309 e. The predicted molar refractivity (Wildman–Crippen MR) is 224 cm³/mol. The van der Waals surface area contributed by atoms with Gasteiger partial charge in [0.05, 0.1) is 30.8 Å². The van der Waals surface area contributed by atoms with Crippen LogP contribution < -0.4 is 0 Å². The van der Waals surface area contributed by atoms with Crippen LogP contribution in [0.25, 0.3) is 0 Å². The van der Waals surface area contributed by atoms with Gasteiger partial charge in [0.1, 0.15) is 42.9 Å². The maximum absolute atomic E-state index is 13.4. The van der Waals surface area contributed by atoms with E-state index in [0.717, 1.165) is 0 Å². The summed E-state index contributed by atoms with van der Waals surface area (Å²) in [6.07, 6.45) is -4.48. The minimum Gasteiger partial charge on any atom is -0.462 e. The van der Waals surface area contributed by atoms with Gasteiger partial charge in [-0.05, 0) is 66.1 Å². The van der Waals surface area contributed by atoms with Gasteiger partial charge in [-0.3, -0.25) is 24.0 Å². The molecule has 18 nitrogen and oxygen atoms in total. The van der Waals surface area contributed by atoms with Gasteiger partial charge >= 0.3 is 29.8 Å². The number of cyclic esters (lactones) is 1. The maximum atomic E-state index is 13.4. The molecule has 3 aliphatic heterocycles. The van der Waals surface area contributed by atoms with E-state index in [2.05, 4.69) is 0 Å². The summed E-state index contributed by atoms with van der Waals surface area (Å²) in [5, 5.41) is 12.2. The van der Waals surface area contributed by atoms with Gasteiger partial charge in [-0.2, -0.15) is 0 Å². The molecule has 0 radical (unpaired) electrons. The highest BCUT2D eigenvalue weighted by molar-refractivity contribution is 5.73. The van der Waals surface area contributed by atoms with Crippen LogP contribution in [0, 0.1) is 11.8 Å². The molecule has 18 heteroatoms. The number of aliphatic hydroxyl groups excluding tert-OH is 1. The number of hydrogen-bond donors (Lipinski definition) is 1. The predicted octanol–water partition coefficient (Wildman–Crippen LogP) is 3.91. The average molecular weight is 898 g/mol. The van der Waals surface area contributed by atoms with Crippen LogP contribution in [-0.4, -0.2) is 153 Å². The van der Waals surface area contributed by atoms with E-state index in [1.54, 1.807) is 84.8 Å². The largest absolute Gasteiger partial charge is 0.462 e. The molecule has 0 aromatic rings. The number of aldehydes is 1. The first kappa shape index (κ1) is 53.6. The van der Waals surface area contributed by atoms with E-state index < -0.39 is 133 Å². The molecule has 2 fully saturated rings. The third-order valence-electron chi connectivity index (χ3n) is 11.5. The second-order valence-electron chi connectivity index (χ2n) is 17.1. The van der Waals surface area contributed by atoms with Crippen LogP contribution in [0.4, 0.5) is 0 Å².